The molecule has 0 aliphatic rings. The molecule has 0 aromatic carbocycles. The molecular formula is C50H101NO3. The fourth-order valence-corrected chi connectivity index (χ4v) is 5.24. The topological polar surface area (TPSA) is 58.6 Å². The van der Waals surface area contributed by atoms with Crippen LogP contribution in [0.25, 0.3) is 0 Å². The molecule has 54 heavy (non-hydrogen) atoms. The molecule has 0 aliphatic carbocycles. The molecule has 0 aromatic heterocycles. The molecule has 0 saturated carbocycles. The van der Waals surface area contributed by atoms with Crippen LogP contribution in [0.4, 0.5) is 0 Å². The molecule has 0 saturated heterocycles. The monoisotopic (exact) mass is 764 g/mol. The number of carbonyl (C=O) groups is 1. The average molecular weight is 764 g/mol. The number of unbranched alkanes of at least 4 members (excludes halogenated alkanes) is 21. The van der Waals surface area contributed by atoms with Gasteiger partial charge in [-0.05, 0) is 77.3 Å². The van der Waals surface area contributed by atoms with E-state index in [0.29, 0.717) is 6.61 Å². The van der Waals surface area contributed by atoms with Gasteiger partial charge in [0.25, 0.3) is 0 Å². The molecule has 324 valence electrons. The van der Waals surface area contributed by atoms with Crippen molar-refractivity contribution in [3.8, 4) is 25.7 Å². The predicted octanol–water partition coefficient (Wildman–Crippen LogP) is 15.0. The van der Waals surface area contributed by atoms with Crippen LogP contribution in [0.5, 0.6) is 0 Å². The van der Waals surface area contributed by atoms with E-state index in [1.807, 2.05) is 21.0 Å². The smallest absolute Gasteiger partial charge is 0.119 e. The molecule has 0 fully saturated rings. The quantitative estimate of drug-likeness (QED) is 0.0302. The Morgan fingerprint density at radius 3 is 1.28 bits per heavy atom. The Balaban J connectivity index is -0.000000162. The lowest BCUT2D eigenvalue weighted by Gasteiger charge is -2.10. The van der Waals surface area contributed by atoms with Crippen molar-refractivity contribution in [2.75, 3.05) is 27.3 Å². The zero-order valence-corrected chi connectivity index (χ0v) is 38.6. The minimum atomic E-state index is -0.153. The van der Waals surface area contributed by atoms with Gasteiger partial charge in [-0.1, -0.05) is 189 Å². The number of allylic oxidation sites excluding steroid dienone is 2. The largest absolute Gasteiger partial charge is 0.393 e. The Morgan fingerprint density at radius 2 is 0.889 bits per heavy atom. The number of ether oxygens (including phenoxy) is 1. The van der Waals surface area contributed by atoms with E-state index in [4.69, 9.17) is 4.74 Å². The first kappa shape index (κ1) is 64.3. The van der Waals surface area contributed by atoms with Crippen LogP contribution in [0.1, 0.15) is 229 Å². The number of hydrogen-bond acceptors (Lipinski definition) is 4. The van der Waals surface area contributed by atoms with Crippen LogP contribution >= 0.6 is 0 Å². The number of nitrogens with one attached hydrogen (secondary N) is 1. The highest BCUT2D eigenvalue weighted by Crippen LogP contribution is 2.15. The fraction of sp³-hybridized carbons (Fsp3) is 0.860. The molecule has 4 nitrogen and oxygen atoms in total. The maximum Gasteiger partial charge on any atom is 0.119 e. The van der Waals surface area contributed by atoms with Crippen LogP contribution < -0.4 is 5.32 Å². The van der Waals surface area contributed by atoms with Crippen molar-refractivity contribution in [2.45, 2.75) is 235 Å². The molecular weight excluding hydrogens is 663 g/mol. The van der Waals surface area contributed by atoms with Crippen molar-refractivity contribution in [1.82, 2.24) is 5.32 Å². The zero-order valence-electron chi connectivity index (χ0n) is 38.6. The third-order valence-electron chi connectivity index (χ3n) is 9.44. The molecule has 0 spiro atoms. The van der Waals surface area contributed by atoms with Gasteiger partial charge in [0, 0.05) is 19.6 Å². The lowest BCUT2D eigenvalue weighted by atomic mass is 10.0. The van der Waals surface area contributed by atoms with Gasteiger partial charge in [0.2, 0.25) is 0 Å². The summed E-state index contributed by atoms with van der Waals surface area (Å²) in [5.74, 6) is 2.46. The molecule has 0 amide bonds. The lowest BCUT2D eigenvalue weighted by molar-refractivity contribution is -0.107. The van der Waals surface area contributed by atoms with Crippen molar-refractivity contribution in [3.63, 3.8) is 0 Å². The summed E-state index contributed by atoms with van der Waals surface area (Å²) in [7, 11) is 3.75. The van der Waals surface area contributed by atoms with Crippen molar-refractivity contribution in [1.29, 1.82) is 0 Å². The Morgan fingerprint density at radius 1 is 0.537 bits per heavy atom. The molecule has 2 atom stereocenters. The third-order valence-corrected chi connectivity index (χ3v) is 9.44. The van der Waals surface area contributed by atoms with Gasteiger partial charge in [0.1, 0.15) is 6.29 Å². The van der Waals surface area contributed by atoms with E-state index in [1.165, 1.54) is 148 Å². The summed E-state index contributed by atoms with van der Waals surface area (Å²) in [5, 5.41) is 12.5. The van der Waals surface area contributed by atoms with Gasteiger partial charge < -0.3 is 20.0 Å². The van der Waals surface area contributed by atoms with E-state index in [-0.39, 0.29) is 6.10 Å². The van der Waals surface area contributed by atoms with E-state index >= 15 is 0 Å². The van der Waals surface area contributed by atoms with Crippen LogP contribution in [-0.4, -0.2) is 44.8 Å². The normalized spacial score (nSPS) is 11.4. The van der Waals surface area contributed by atoms with Gasteiger partial charge in [0.15, 0.2) is 0 Å². The zero-order chi connectivity index (χ0) is 42.4. The molecule has 0 bridgehead atoms. The summed E-state index contributed by atoms with van der Waals surface area (Å²) in [6.07, 6.45) is 56.4. The van der Waals surface area contributed by atoms with E-state index in [1.54, 1.807) is 0 Å². The van der Waals surface area contributed by atoms with Crippen LogP contribution in [0.15, 0.2) is 12.2 Å². The molecule has 0 aromatic rings. The van der Waals surface area contributed by atoms with Crippen LogP contribution in [0.2, 0.25) is 0 Å². The second-order valence-corrected chi connectivity index (χ2v) is 15.4. The molecule has 2 unspecified atom stereocenters. The van der Waals surface area contributed by atoms with Gasteiger partial charge in [-0.15, -0.1) is 25.7 Å². The molecule has 0 heterocycles. The summed E-state index contributed by atoms with van der Waals surface area (Å²) < 4.78 is 5.26. The third kappa shape index (κ3) is 79.2. The van der Waals surface area contributed by atoms with E-state index in [9.17, 15) is 9.90 Å². The summed E-state index contributed by atoms with van der Waals surface area (Å²) >= 11 is 0. The maximum absolute atomic E-state index is 10.1. The van der Waals surface area contributed by atoms with Gasteiger partial charge in [0.05, 0.1) is 6.10 Å². The van der Waals surface area contributed by atoms with E-state index < -0.39 is 0 Å². The summed E-state index contributed by atoms with van der Waals surface area (Å²) in [4.78, 5) is 10.1. The SMILES string of the molecule is C#C.C#C.CC(C)C(C)C.CCCCCCC(C)C=CCCCCCCCC=O.CCCCCCCCCCCCCCCC(O)CCOCC.CNC. The number of terminal acetylenes is 2. The summed E-state index contributed by atoms with van der Waals surface area (Å²) in [6.45, 7) is 19.3. The number of aldehydes is 1. The van der Waals surface area contributed by atoms with Gasteiger partial charge in [-0.2, -0.15) is 0 Å². The highest BCUT2D eigenvalue weighted by atomic mass is 16.5. The van der Waals surface area contributed by atoms with Crippen LogP contribution in [0, 0.1) is 43.4 Å². The van der Waals surface area contributed by atoms with E-state index in [0.717, 1.165) is 56.3 Å². The first-order valence-corrected chi connectivity index (χ1v) is 22.8. The number of carbonyl (C=O) groups excluding carboxylic acids is 1. The Labute approximate surface area is 343 Å². The first-order chi connectivity index (χ1) is 26.2. The van der Waals surface area contributed by atoms with Gasteiger partial charge >= 0.3 is 0 Å². The molecule has 4 heteroatoms. The van der Waals surface area contributed by atoms with Gasteiger partial charge in [-0.3, -0.25) is 0 Å². The number of rotatable bonds is 33. The van der Waals surface area contributed by atoms with E-state index in [2.05, 4.69) is 91.6 Å². The Bertz CT molecular complexity index is 657. The second kappa shape index (κ2) is 66.2. The minimum Gasteiger partial charge on any atom is -0.393 e. The van der Waals surface area contributed by atoms with Crippen molar-refractivity contribution < 1.29 is 14.6 Å². The van der Waals surface area contributed by atoms with Crippen molar-refractivity contribution >= 4 is 6.29 Å². The van der Waals surface area contributed by atoms with Crippen LogP contribution in [-0.2, 0) is 9.53 Å². The first-order valence-electron chi connectivity index (χ1n) is 22.8. The Kier molecular flexibility index (Phi) is 78.9. The molecule has 0 aliphatic heterocycles. The standard InChI is InChI=1S/C20H42O2.C18H34O.C6H14.C2H7N.2C2H2/c1-3-5-6-7-8-9-10-11-12-13-14-15-16-17-20(21)18-19-22-4-2;1-3-4-5-12-15-18(2)16-13-10-8-6-7-9-11-14-17-19;1-5(2)6(3)4;1-3-2;2*1-2/h20-21H,3-19H2,1-2H3;13,16-18H,3-12,14-15H2,1-2H3;5-6H,1-4H3;3H,1-2H3;2*1-2H. The maximum atomic E-state index is 10.1. The average Bonchev–Trinajstić information content (AvgIpc) is 3.17. The highest BCUT2D eigenvalue weighted by molar-refractivity contribution is 5.48. The number of aliphatic hydroxyl groups is 1. The number of hydrogen-bond donors (Lipinski definition) is 2. The van der Waals surface area contributed by atoms with Crippen molar-refractivity contribution in [3.05, 3.63) is 12.2 Å². The molecule has 0 radical (unpaired) electrons. The number of aliphatic hydroxyl groups excluding tert-OH is 1. The Hall–Kier alpha value is -1.59. The minimum absolute atomic E-state index is 0.153. The highest BCUT2D eigenvalue weighted by Gasteiger charge is 2.03. The second-order valence-electron chi connectivity index (χ2n) is 15.4. The summed E-state index contributed by atoms with van der Waals surface area (Å²) in [6, 6.07) is 0. The summed E-state index contributed by atoms with van der Waals surface area (Å²) in [5.41, 5.74) is 0. The van der Waals surface area contributed by atoms with Crippen molar-refractivity contribution in [2.24, 2.45) is 17.8 Å². The lowest BCUT2D eigenvalue weighted by Crippen LogP contribution is -2.10. The fourth-order valence-electron chi connectivity index (χ4n) is 5.24. The predicted molar refractivity (Wildman–Crippen MR) is 247 cm³/mol. The van der Waals surface area contributed by atoms with Gasteiger partial charge in [-0.25, -0.2) is 0 Å². The van der Waals surface area contributed by atoms with Crippen LogP contribution in [0.3, 0.4) is 0 Å². The molecule has 2 N–H and O–H groups in total. The molecule has 0 rings (SSSR count).